The molecule has 0 radical (unpaired) electrons. The summed E-state index contributed by atoms with van der Waals surface area (Å²) in [6.45, 7) is 1.18. The minimum atomic E-state index is -0.144. The summed E-state index contributed by atoms with van der Waals surface area (Å²) in [7, 11) is 0. The van der Waals surface area contributed by atoms with Crippen LogP contribution in [0.5, 0.6) is 0 Å². The van der Waals surface area contributed by atoms with Crippen LogP contribution in [0.1, 0.15) is 43.6 Å². The summed E-state index contributed by atoms with van der Waals surface area (Å²) in [5, 5.41) is 9.47. The number of carbonyl (C=O) groups is 2. The zero-order chi connectivity index (χ0) is 16.9. The maximum atomic E-state index is 11.9. The van der Waals surface area contributed by atoms with Crippen LogP contribution in [0.4, 0.5) is 4.79 Å². The predicted octanol–water partition coefficient (Wildman–Crippen LogP) is 2.80. The van der Waals surface area contributed by atoms with E-state index in [9.17, 15) is 9.59 Å². The minimum absolute atomic E-state index is 0.144. The van der Waals surface area contributed by atoms with Crippen LogP contribution in [0.25, 0.3) is 0 Å². The van der Waals surface area contributed by atoms with Crippen molar-refractivity contribution in [2.45, 2.75) is 44.1 Å². The molecule has 0 heterocycles. The van der Waals surface area contributed by atoms with Crippen molar-refractivity contribution in [1.29, 1.82) is 0 Å². The molecule has 3 rings (SSSR count). The highest BCUT2D eigenvalue weighted by Gasteiger charge is 2.39. The third-order valence-electron chi connectivity index (χ3n) is 4.80. The van der Waals surface area contributed by atoms with Gasteiger partial charge in [0.2, 0.25) is 5.91 Å². The molecule has 0 saturated heterocycles. The normalized spacial score (nSPS) is 22.4. The molecule has 0 aromatic heterocycles. The lowest BCUT2D eigenvalue weighted by molar-refractivity contribution is -0.127. The summed E-state index contributed by atoms with van der Waals surface area (Å²) in [5.74, 6) is 0.740. The Balaban J connectivity index is 1.26. The van der Waals surface area contributed by atoms with Gasteiger partial charge in [-0.3, -0.25) is 4.79 Å². The van der Waals surface area contributed by atoms with Gasteiger partial charge in [-0.2, -0.15) is 0 Å². The van der Waals surface area contributed by atoms with Crippen LogP contribution in [-0.2, 0) is 4.79 Å². The van der Waals surface area contributed by atoms with E-state index in [2.05, 4.69) is 16.0 Å². The van der Waals surface area contributed by atoms with Crippen LogP contribution in [-0.4, -0.2) is 31.1 Å². The van der Waals surface area contributed by atoms with Gasteiger partial charge in [0, 0.05) is 36.0 Å². The van der Waals surface area contributed by atoms with Gasteiger partial charge in [-0.15, -0.1) is 0 Å². The van der Waals surface area contributed by atoms with Crippen molar-refractivity contribution in [2.24, 2.45) is 5.92 Å². The Morgan fingerprint density at radius 2 is 1.96 bits per heavy atom. The van der Waals surface area contributed by atoms with Gasteiger partial charge in [-0.25, -0.2) is 4.79 Å². The number of nitrogens with one attached hydrogen (secondary N) is 3. The zero-order valence-corrected chi connectivity index (χ0v) is 14.4. The van der Waals surface area contributed by atoms with Gasteiger partial charge >= 0.3 is 6.03 Å². The molecule has 130 valence electrons. The number of amides is 3. The highest BCUT2D eigenvalue weighted by molar-refractivity contribution is 6.30. The molecule has 24 heavy (non-hydrogen) atoms. The average Bonchev–Trinajstić information content (AvgIpc) is 3.24. The molecule has 2 atom stereocenters. The molecule has 2 aliphatic rings. The molecule has 0 spiro atoms. The SMILES string of the molecule is O=C(NCCCNC(=O)C1CCC1)N[C@H]1C[C@H]1c1cccc(Cl)c1. The van der Waals surface area contributed by atoms with Crippen molar-refractivity contribution in [3.63, 3.8) is 0 Å². The van der Waals surface area contributed by atoms with Crippen molar-refractivity contribution >= 4 is 23.5 Å². The molecule has 6 heteroatoms. The lowest BCUT2D eigenvalue weighted by Crippen LogP contribution is -2.39. The molecule has 3 N–H and O–H groups in total. The number of halogens is 1. The van der Waals surface area contributed by atoms with Crippen LogP contribution in [0, 0.1) is 5.92 Å². The van der Waals surface area contributed by atoms with Gasteiger partial charge in [0.25, 0.3) is 0 Å². The summed E-state index contributed by atoms with van der Waals surface area (Å²) < 4.78 is 0. The topological polar surface area (TPSA) is 70.2 Å². The Labute approximate surface area is 147 Å². The van der Waals surface area contributed by atoms with Crippen molar-refractivity contribution in [2.75, 3.05) is 13.1 Å². The van der Waals surface area contributed by atoms with Gasteiger partial charge in [-0.1, -0.05) is 30.2 Å². The van der Waals surface area contributed by atoms with Gasteiger partial charge in [-0.05, 0) is 43.4 Å². The number of carbonyl (C=O) groups excluding carboxylic acids is 2. The molecule has 0 bridgehead atoms. The predicted molar refractivity (Wildman–Crippen MR) is 94.1 cm³/mol. The van der Waals surface area contributed by atoms with E-state index in [0.717, 1.165) is 37.1 Å². The van der Waals surface area contributed by atoms with Crippen molar-refractivity contribution in [3.05, 3.63) is 34.9 Å². The highest BCUT2D eigenvalue weighted by Crippen LogP contribution is 2.41. The van der Waals surface area contributed by atoms with Crippen molar-refractivity contribution < 1.29 is 9.59 Å². The summed E-state index contributed by atoms with van der Waals surface area (Å²) in [4.78, 5) is 23.5. The maximum absolute atomic E-state index is 11.9. The Hall–Kier alpha value is -1.75. The fourth-order valence-corrected chi connectivity index (χ4v) is 3.19. The Kier molecular flexibility index (Phi) is 5.61. The first-order valence-electron chi connectivity index (χ1n) is 8.71. The first-order valence-corrected chi connectivity index (χ1v) is 9.09. The van der Waals surface area contributed by atoms with E-state index < -0.39 is 0 Å². The van der Waals surface area contributed by atoms with Crippen LogP contribution in [0.2, 0.25) is 5.02 Å². The molecule has 2 saturated carbocycles. The molecule has 1 aromatic rings. The van der Waals surface area contributed by atoms with E-state index in [4.69, 9.17) is 11.6 Å². The van der Waals surface area contributed by atoms with Gasteiger partial charge < -0.3 is 16.0 Å². The lowest BCUT2D eigenvalue weighted by atomic mass is 9.85. The molecule has 2 aliphatic carbocycles. The lowest BCUT2D eigenvalue weighted by Gasteiger charge is -2.23. The largest absolute Gasteiger partial charge is 0.356 e. The van der Waals surface area contributed by atoms with E-state index in [1.54, 1.807) is 0 Å². The van der Waals surface area contributed by atoms with Gasteiger partial charge in [0.05, 0.1) is 0 Å². The van der Waals surface area contributed by atoms with E-state index in [1.807, 2.05) is 24.3 Å². The fourth-order valence-electron chi connectivity index (χ4n) is 3.00. The average molecular weight is 350 g/mol. The quantitative estimate of drug-likeness (QED) is 0.662. The summed E-state index contributed by atoms with van der Waals surface area (Å²) in [5.41, 5.74) is 1.17. The first kappa shape index (κ1) is 17.1. The van der Waals surface area contributed by atoms with E-state index in [-0.39, 0.29) is 23.9 Å². The molecule has 5 nitrogen and oxygen atoms in total. The highest BCUT2D eigenvalue weighted by atomic mass is 35.5. The molecular formula is C18H24ClN3O2. The second-order valence-corrected chi connectivity index (χ2v) is 7.11. The number of hydrogen-bond acceptors (Lipinski definition) is 2. The van der Waals surface area contributed by atoms with E-state index in [1.165, 1.54) is 5.56 Å². The fraction of sp³-hybridized carbons (Fsp3) is 0.556. The summed E-state index contributed by atoms with van der Waals surface area (Å²) in [6, 6.07) is 7.83. The van der Waals surface area contributed by atoms with E-state index in [0.29, 0.717) is 19.0 Å². The molecule has 3 amide bonds. The maximum Gasteiger partial charge on any atom is 0.315 e. The van der Waals surface area contributed by atoms with Crippen molar-refractivity contribution in [3.8, 4) is 0 Å². The van der Waals surface area contributed by atoms with Crippen LogP contribution in [0.15, 0.2) is 24.3 Å². The van der Waals surface area contributed by atoms with Gasteiger partial charge in [0.15, 0.2) is 0 Å². The number of benzene rings is 1. The van der Waals surface area contributed by atoms with Gasteiger partial charge in [0.1, 0.15) is 0 Å². The van der Waals surface area contributed by atoms with Crippen LogP contribution in [0.3, 0.4) is 0 Å². The van der Waals surface area contributed by atoms with Crippen LogP contribution >= 0.6 is 11.6 Å². The molecule has 1 aromatic carbocycles. The third-order valence-corrected chi connectivity index (χ3v) is 5.03. The standard InChI is InChI=1S/C18H24ClN3O2/c19-14-7-2-6-13(10-14)15-11-16(15)22-18(24)21-9-3-8-20-17(23)12-4-1-5-12/h2,6-7,10,12,15-16H,1,3-5,8-9,11H2,(H,20,23)(H2,21,22,24)/t15-,16-/m0/s1. The Morgan fingerprint density at radius 3 is 2.67 bits per heavy atom. The zero-order valence-electron chi connectivity index (χ0n) is 13.7. The molecule has 0 aliphatic heterocycles. The molecular weight excluding hydrogens is 326 g/mol. The Morgan fingerprint density at radius 1 is 1.17 bits per heavy atom. The second-order valence-electron chi connectivity index (χ2n) is 6.68. The smallest absolute Gasteiger partial charge is 0.315 e. The third kappa shape index (κ3) is 4.63. The van der Waals surface area contributed by atoms with Crippen LogP contribution < -0.4 is 16.0 Å². The number of urea groups is 1. The monoisotopic (exact) mass is 349 g/mol. The second kappa shape index (κ2) is 7.88. The summed E-state index contributed by atoms with van der Waals surface area (Å²) >= 11 is 5.99. The summed E-state index contributed by atoms with van der Waals surface area (Å²) in [6.07, 6.45) is 4.89. The number of hydrogen-bond donors (Lipinski definition) is 3. The number of rotatable bonds is 7. The van der Waals surface area contributed by atoms with Crippen molar-refractivity contribution in [1.82, 2.24) is 16.0 Å². The minimum Gasteiger partial charge on any atom is -0.356 e. The first-order chi connectivity index (χ1) is 11.6. The molecule has 2 fully saturated rings. The van der Waals surface area contributed by atoms with E-state index >= 15 is 0 Å². The Bertz CT molecular complexity index is 604. The molecule has 0 unspecified atom stereocenters.